The molecule has 0 saturated carbocycles. The first kappa shape index (κ1) is 19.9. The largest absolute Gasteiger partial charge is 0.493 e. The van der Waals surface area contributed by atoms with Gasteiger partial charge >= 0.3 is 6.18 Å². The highest BCUT2D eigenvalue weighted by Gasteiger charge is 2.34. The van der Waals surface area contributed by atoms with Crippen LogP contribution in [-0.4, -0.2) is 20.1 Å². The van der Waals surface area contributed by atoms with Gasteiger partial charge in [-0.05, 0) is 48.4 Å². The quantitative estimate of drug-likeness (QED) is 0.796. The van der Waals surface area contributed by atoms with Crippen molar-refractivity contribution in [3.8, 4) is 11.5 Å². The average Bonchev–Trinajstić information content (AvgIpc) is 2.56. The molecule has 0 unspecified atom stereocenters. The SMILES string of the molecule is COc1cc(C)c(CC(=O)Nc2ccc(Cl)cc2C(F)(F)F)cc1OC. The molecule has 0 aliphatic rings. The van der Waals surface area contributed by atoms with Crippen LogP contribution in [0.25, 0.3) is 0 Å². The molecule has 26 heavy (non-hydrogen) atoms. The van der Waals surface area contributed by atoms with Crippen LogP contribution in [0, 0.1) is 6.92 Å². The molecule has 0 fully saturated rings. The molecule has 0 aromatic heterocycles. The summed E-state index contributed by atoms with van der Waals surface area (Å²) in [5.74, 6) is 0.350. The number of halogens is 4. The molecule has 0 spiro atoms. The van der Waals surface area contributed by atoms with E-state index in [1.807, 2.05) is 0 Å². The number of hydrogen-bond donors (Lipinski definition) is 1. The number of ether oxygens (including phenoxy) is 2. The lowest BCUT2D eigenvalue weighted by molar-refractivity contribution is -0.137. The summed E-state index contributed by atoms with van der Waals surface area (Å²) in [7, 11) is 2.95. The second kappa shape index (κ2) is 7.86. The molecule has 1 N–H and O–H groups in total. The minimum absolute atomic E-state index is 0.0638. The minimum atomic E-state index is -4.63. The van der Waals surface area contributed by atoms with Gasteiger partial charge in [0.1, 0.15) is 0 Å². The number of rotatable bonds is 5. The van der Waals surface area contributed by atoms with E-state index in [2.05, 4.69) is 5.32 Å². The van der Waals surface area contributed by atoms with Crippen molar-refractivity contribution in [3.63, 3.8) is 0 Å². The van der Waals surface area contributed by atoms with Crippen molar-refractivity contribution in [3.05, 3.63) is 52.0 Å². The van der Waals surface area contributed by atoms with Gasteiger partial charge in [0, 0.05) is 5.02 Å². The van der Waals surface area contributed by atoms with Crippen molar-refractivity contribution in [1.29, 1.82) is 0 Å². The number of amides is 1. The van der Waals surface area contributed by atoms with E-state index in [1.165, 1.54) is 20.3 Å². The van der Waals surface area contributed by atoms with Crippen LogP contribution in [0.3, 0.4) is 0 Å². The Morgan fingerprint density at radius 2 is 1.73 bits per heavy atom. The fraction of sp³-hybridized carbons (Fsp3) is 0.278. The Labute approximate surface area is 153 Å². The summed E-state index contributed by atoms with van der Waals surface area (Å²) in [5.41, 5.74) is 0.0278. The van der Waals surface area contributed by atoms with E-state index in [1.54, 1.807) is 19.1 Å². The van der Waals surface area contributed by atoms with Gasteiger partial charge in [0.15, 0.2) is 11.5 Å². The van der Waals surface area contributed by atoms with Crippen molar-refractivity contribution in [2.45, 2.75) is 19.5 Å². The molecule has 2 aromatic rings. The number of hydrogen-bond acceptors (Lipinski definition) is 3. The molecule has 4 nitrogen and oxygen atoms in total. The number of anilines is 1. The summed E-state index contributed by atoms with van der Waals surface area (Å²) < 4.78 is 49.7. The summed E-state index contributed by atoms with van der Waals surface area (Å²) in [6.45, 7) is 1.77. The molecule has 1 amide bonds. The fourth-order valence-corrected chi connectivity index (χ4v) is 2.61. The van der Waals surface area contributed by atoms with Gasteiger partial charge in [0.05, 0.1) is 31.9 Å². The van der Waals surface area contributed by atoms with E-state index in [-0.39, 0.29) is 17.1 Å². The molecule has 0 atom stereocenters. The van der Waals surface area contributed by atoms with Gasteiger partial charge in [0.2, 0.25) is 5.91 Å². The number of alkyl halides is 3. The monoisotopic (exact) mass is 387 g/mol. The van der Waals surface area contributed by atoms with Crippen LogP contribution in [0.4, 0.5) is 18.9 Å². The van der Waals surface area contributed by atoms with Crippen LogP contribution < -0.4 is 14.8 Å². The summed E-state index contributed by atoms with van der Waals surface area (Å²) >= 11 is 5.63. The summed E-state index contributed by atoms with van der Waals surface area (Å²) in [6, 6.07) is 6.52. The van der Waals surface area contributed by atoms with Gasteiger partial charge in [-0.15, -0.1) is 0 Å². The van der Waals surface area contributed by atoms with Crippen molar-refractivity contribution in [1.82, 2.24) is 0 Å². The predicted octanol–water partition coefficient (Wildman–Crippen LogP) is 4.87. The van der Waals surface area contributed by atoms with Gasteiger partial charge < -0.3 is 14.8 Å². The first-order valence-corrected chi connectivity index (χ1v) is 7.91. The van der Waals surface area contributed by atoms with Gasteiger partial charge in [0.25, 0.3) is 0 Å². The Bertz CT molecular complexity index is 822. The number of methoxy groups -OCH3 is 2. The van der Waals surface area contributed by atoms with Crippen LogP contribution in [0.2, 0.25) is 5.02 Å². The van der Waals surface area contributed by atoms with Crippen molar-refractivity contribution in [2.24, 2.45) is 0 Å². The number of carbonyl (C=O) groups excluding carboxylic acids is 1. The topological polar surface area (TPSA) is 47.6 Å². The Morgan fingerprint density at radius 1 is 1.12 bits per heavy atom. The van der Waals surface area contributed by atoms with E-state index in [0.29, 0.717) is 17.1 Å². The average molecular weight is 388 g/mol. The maximum absolute atomic E-state index is 13.1. The molecule has 0 heterocycles. The normalized spacial score (nSPS) is 11.2. The smallest absolute Gasteiger partial charge is 0.418 e. The molecule has 2 aromatic carbocycles. The van der Waals surface area contributed by atoms with E-state index < -0.39 is 17.6 Å². The Morgan fingerprint density at radius 3 is 2.31 bits per heavy atom. The predicted molar refractivity (Wildman–Crippen MR) is 93.1 cm³/mol. The third-order valence-electron chi connectivity index (χ3n) is 3.75. The first-order chi connectivity index (χ1) is 12.2. The zero-order valence-electron chi connectivity index (χ0n) is 14.3. The Kier molecular flexibility index (Phi) is 6.02. The molecule has 0 aliphatic heterocycles. The first-order valence-electron chi connectivity index (χ1n) is 7.53. The molecule has 0 saturated heterocycles. The van der Waals surface area contributed by atoms with Crippen molar-refractivity contribution < 1.29 is 27.4 Å². The highest BCUT2D eigenvalue weighted by molar-refractivity contribution is 6.30. The zero-order valence-corrected chi connectivity index (χ0v) is 15.1. The van der Waals surface area contributed by atoms with E-state index in [0.717, 1.165) is 17.7 Å². The van der Waals surface area contributed by atoms with Crippen molar-refractivity contribution >= 4 is 23.2 Å². The molecule has 0 radical (unpaired) electrons. The van der Waals surface area contributed by atoms with Gasteiger partial charge in [-0.3, -0.25) is 4.79 Å². The lowest BCUT2D eigenvalue weighted by Gasteiger charge is -2.15. The molecular formula is C18H17ClF3NO3. The Hall–Kier alpha value is -2.41. The second-order valence-corrected chi connectivity index (χ2v) is 5.98. The molecule has 2 rings (SSSR count). The van der Waals surface area contributed by atoms with E-state index >= 15 is 0 Å². The highest BCUT2D eigenvalue weighted by atomic mass is 35.5. The third-order valence-corrected chi connectivity index (χ3v) is 3.99. The van der Waals surface area contributed by atoms with Crippen LogP contribution >= 0.6 is 11.6 Å². The minimum Gasteiger partial charge on any atom is -0.493 e. The van der Waals surface area contributed by atoms with Crippen LogP contribution in [0.1, 0.15) is 16.7 Å². The van der Waals surface area contributed by atoms with E-state index in [4.69, 9.17) is 21.1 Å². The fourth-order valence-electron chi connectivity index (χ4n) is 2.44. The number of aryl methyl sites for hydroxylation is 1. The number of carbonyl (C=O) groups is 1. The van der Waals surface area contributed by atoms with Crippen LogP contribution in [0.5, 0.6) is 11.5 Å². The molecule has 8 heteroatoms. The highest BCUT2D eigenvalue weighted by Crippen LogP contribution is 2.36. The molecule has 0 bridgehead atoms. The maximum atomic E-state index is 13.1. The van der Waals surface area contributed by atoms with Crippen LogP contribution in [0.15, 0.2) is 30.3 Å². The Balaban J connectivity index is 2.25. The summed E-state index contributed by atoms with van der Waals surface area (Å²) in [4.78, 5) is 12.3. The van der Waals surface area contributed by atoms with Crippen molar-refractivity contribution in [2.75, 3.05) is 19.5 Å². The molecule has 140 valence electrons. The summed E-state index contributed by atoms with van der Waals surface area (Å²) in [5, 5.41) is 2.23. The third kappa shape index (κ3) is 4.60. The number of nitrogens with one attached hydrogen (secondary N) is 1. The summed E-state index contributed by atoms with van der Waals surface area (Å²) in [6.07, 6.45) is -4.75. The molecule has 0 aliphatic carbocycles. The lowest BCUT2D eigenvalue weighted by atomic mass is 10.0. The second-order valence-electron chi connectivity index (χ2n) is 5.55. The van der Waals surface area contributed by atoms with Crippen LogP contribution in [-0.2, 0) is 17.4 Å². The molecular weight excluding hydrogens is 371 g/mol. The maximum Gasteiger partial charge on any atom is 0.418 e. The van der Waals surface area contributed by atoms with Gasteiger partial charge in [-0.1, -0.05) is 11.6 Å². The van der Waals surface area contributed by atoms with Gasteiger partial charge in [-0.2, -0.15) is 13.2 Å². The zero-order chi connectivity index (χ0) is 19.5. The van der Waals surface area contributed by atoms with E-state index in [9.17, 15) is 18.0 Å². The standard InChI is InChI=1S/C18H17ClF3NO3/c1-10-6-15(25-2)16(26-3)7-11(10)8-17(24)23-14-5-4-12(19)9-13(14)18(20,21)22/h4-7,9H,8H2,1-3H3,(H,23,24). The number of benzene rings is 2. The van der Waals surface area contributed by atoms with Gasteiger partial charge in [-0.25, -0.2) is 0 Å². The lowest BCUT2D eigenvalue weighted by Crippen LogP contribution is -2.18.